The minimum atomic E-state index is -4.23. The number of carbonyl (C=O) groups is 2. The average molecular weight is 505 g/mol. The molecule has 0 saturated carbocycles. The quantitative estimate of drug-likeness (QED) is 0.305. The summed E-state index contributed by atoms with van der Waals surface area (Å²) in [6.07, 6.45) is 0. The summed E-state index contributed by atoms with van der Waals surface area (Å²) in [7, 11) is 0. The summed E-state index contributed by atoms with van der Waals surface area (Å²) in [5.74, 6) is -1.89. The van der Waals surface area contributed by atoms with Gasteiger partial charge in [0.1, 0.15) is 0 Å². The van der Waals surface area contributed by atoms with E-state index in [1.807, 2.05) is 121 Å². The molecule has 0 unspecified atom stereocenters. The first-order chi connectivity index (χ1) is 18.1. The summed E-state index contributed by atoms with van der Waals surface area (Å²) in [6.45, 7) is -4.23. The molecule has 37 heavy (non-hydrogen) atoms. The first kappa shape index (κ1) is 24.2. The zero-order valence-corrected chi connectivity index (χ0v) is 20.9. The molecular formula is C32H25O4P. The van der Waals surface area contributed by atoms with Crippen LogP contribution in [0.3, 0.4) is 0 Å². The second-order valence-electron chi connectivity index (χ2n) is 8.61. The Morgan fingerprint density at radius 3 is 1.08 bits per heavy atom. The number of carbonyl (C=O) groups excluding carboxylic acids is 1. The zero-order valence-electron chi connectivity index (χ0n) is 20.0. The molecule has 0 spiro atoms. The molecule has 4 nitrogen and oxygen atoms in total. The van der Waals surface area contributed by atoms with E-state index in [0.29, 0.717) is 0 Å². The van der Waals surface area contributed by atoms with Crippen molar-refractivity contribution in [2.75, 3.05) is 0 Å². The molecule has 0 aliphatic carbocycles. The van der Waals surface area contributed by atoms with Gasteiger partial charge in [-0.15, -0.1) is 0 Å². The number of rotatable bonds is 7. The van der Waals surface area contributed by atoms with Crippen molar-refractivity contribution in [3.63, 3.8) is 0 Å². The Bertz CT molecular complexity index is 1370. The molecule has 0 heterocycles. The second-order valence-corrected chi connectivity index (χ2v) is 12.9. The van der Waals surface area contributed by atoms with Crippen LogP contribution in [-0.4, -0.2) is 17.0 Å². The van der Waals surface area contributed by atoms with Gasteiger partial charge in [-0.25, -0.2) is 0 Å². The fourth-order valence-electron chi connectivity index (χ4n) is 5.02. The van der Waals surface area contributed by atoms with E-state index in [1.165, 1.54) is 12.1 Å². The summed E-state index contributed by atoms with van der Waals surface area (Å²) in [6, 6.07) is 45.3. The van der Waals surface area contributed by atoms with Crippen LogP contribution in [0.1, 0.15) is 20.7 Å². The fraction of sp³-hybridized carbons (Fsp3) is 0. The molecule has 5 heteroatoms. The first-order valence-electron chi connectivity index (χ1n) is 11.9. The molecule has 0 radical (unpaired) electrons. The van der Waals surface area contributed by atoms with Gasteiger partial charge in [-0.05, 0) is 0 Å². The molecule has 5 aromatic carbocycles. The van der Waals surface area contributed by atoms with Crippen molar-refractivity contribution in [1.29, 1.82) is 0 Å². The van der Waals surface area contributed by atoms with Crippen molar-refractivity contribution in [2.24, 2.45) is 0 Å². The molecule has 182 valence electrons. The van der Waals surface area contributed by atoms with E-state index in [1.54, 1.807) is 12.1 Å². The Hall–Kier alpha value is -4.53. The fourth-order valence-corrected chi connectivity index (χ4v) is 10.6. The SMILES string of the molecule is O=C(O)c1ccccc1C(=O)OP(c1ccccc1)(c1ccccc1)(c1ccccc1)c1ccccc1. The van der Waals surface area contributed by atoms with Gasteiger partial charge in [0.25, 0.3) is 0 Å². The number of hydrogen-bond donors (Lipinski definition) is 1. The Labute approximate surface area is 215 Å². The molecule has 0 saturated heterocycles. The number of hydrogen-bond acceptors (Lipinski definition) is 3. The van der Waals surface area contributed by atoms with E-state index in [2.05, 4.69) is 0 Å². The monoisotopic (exact) mass is 504 g/mol. The van der Waals surface area contributed by atoms with Crippen molar-refractivity contribution >= 4 is 40.0 Å². The molecule has 0 aliphatic heterocycles. The summed E-state index contributed by atoms with van der Waals surface area (Å²) in [5, 5.41) is 13.2. The van der Waals surface area contributed by atoms with Crippen LogP contribution in [0.15, 0.2) is 146 Å². The van der Waals surface area contributed by atoms with Crippen LogP contribution in [0.5, 0.6) is 0 Å². The van der Waals surface area contributed by atoms with Gasteiger partial charge in [-0.2, -0.15) is 0 Å². The number of carboxylic acid groups (broad SMARTS) is 1. The summed E-state index contributed by atoms with van der Waals surface area (Å²) in [5.41, 5.74) is -0.103. The summed E-state index contributed by atoms with van der Waals surface area (Å²) in [4.78, 5) is 26.3. The number of benzene rings is 5. The van der Waals surface area contributed by atoms with Crippen molar-refractivity contribution in [2.45, 2.75) is 0 Å². The van der Waals surface area contributed by atoms with Crippen LogP contribution in [-0.2, 0) is 4.52 Å². The van der Waals surface area contributed by atoms with E-state index in [-0.39, 0.29) is 11.1 Å². The second kappa shape index (κ2) is 9.85. The molecule has 5 aromatic rings. The summed E-state index contributed by atoms with van der Waals surface area (Å²) >= 11 is 0. The number of carboxylic acids is 1. The summed E-state index contributed by atoms with van der Waals surface area (Å²) < 4.78 is 6.98. The van der Waals surface area contributed by atoms with Crippen LogP contribution >= 0.6 is 6.83 Å². The molecule has 1 N–H and O–H groups in total. The van der Waals surface area contributed by atoms with Crippen molar-refractivity contribution in [3.8, 4) is 0 Å². The van der Waals surface area contributed by atoms with Gasteiger partial charge >= 0.3 is 216 Å². The predicted molar refractivity (Wildman–Crippen MR) is 150 cm³/mol. The van der Waals surface area contributed by atoms with Gasteiger partial charge in [0.15, 0.2) is 0 Å². The third kappa shape index (κ3) is 3.83. The molecule has 5 rings (SSSR count). The zero-order chi connectivity index (χ0) is 25.7. The molecule has 0 fully saturated rings. The van der Waals surface area contributed by atoms with Crippen molar-refractivity contribution in [1.82, 2.24) is 0 Å². The molecule has 0 atom stereocenters. The van der Waals surface area contributed by atoms with Crippen LogP contribution in [0.25, 0.3) is 0 Å². The van der Waals surface area contributed by atoms with Gasteiger partial charge in [0, 0.05) is 0 Å². The van der Waals surface area contributed by atoms with Crippen LogP contribution in [0.2, 0.25) is 0 Å². The molecule has 0 aromatic heterocycles. The first-order valence-corrected chi connectivity index (χ1v) is 14.0. The Morgan fingerprint density at radius 1 is 0.459 bits per heavy atom. The van der Waals surface area contributed by atoms with E-state index in [4.69, 9.17) is 4.52 Å². The topological polar surface area (TPSA) is 63.6 Å². The van der Waals surface area contributed by atoms with E-state index in [9.17, 15) is 14.7 Å². The average Bonchev–Trinajstić information content (AvgIpc) is 2.98. The van der Waals surface area contributed by atoms with Crippen LogP contribution in [0.4, 0.5) is 0 Å². The Balaban J connectivity index is 1.97. The predicted octanol–water partition coefficient (Wildman–Crippen LogP) is 5.31. The molecule has 0 amide bonds. The van der Waals surface area contributed by atoms with E-state index in [0.717, 1.165) is 21.2 Å². The van der Waals surface area contributed by atoms with Gasteiger partial charge in [-0.1, -0.05) is 0 Å². The third-order valence-electron chi connectivity index (χ3n) is 6.64. The van der Waals surface area contributed by atoms with Crippen molar-refractivity contribution < 1.29 is 19.2 Å². The molecule has 0 bridgehead atoms. The van der Waals surface area contributed by atoms with E-state index >= 15 is 0 Å². The van der Waals surface area contributed by atoms with Crippen LogP contribution < -0.4 is 21.2 Å². The maximum absolute atomic E-state index is 14.2. The van der Waals surface area contributed by atoms with Crippen LogP contribution in [0, 0.1) is 0 Å². The van der Waals surface area contributed by atoms with Gasteiger partial charge in [-0.3, -0.25) is 0 Å². The maximum atomic E-state index is 14.2. The van der Waals surface area contributed by atoms with Gasteiger partial charge in [0.05, 0.1) is 0 Å². The van der Waals surface area contributed by atoms with Gasteiger partial charge in [0.2, 0.25) is 0 Å². The third-order valence-corrected chi connectivity index (χ3v) is 12.3. The van der Waals surface area contributed by atoms with E-state index < -0.39 is 18.8 Å². The molecular weight excluding hydrogens is 479 g/mol. The van der Waals surface area contributed by atoms with Crippen molar-refractivity contribution in [3.05, 3.63) is 157 Å². The normalized spacial score (nSPS) is 12.2. The molecule has 0 aliphatic rings. The Kier molecular flexibility index (Phi) is 6.43. The standard InChI is InChI=1S/C32H25O4P/c33-31(34)29-23-13-14-24-30(29)32(35)36-37(25-15-5-1-6-16-25,26-17-7-2-8-18-26,27-19-9-3-10-20-27)28-21-11-4-12-22-28/h1-24H,(H,33,34). The minimum absolute atomic E-state index is 0.00252. The van der Waals surface area contributed by atoms with Gasteiger partial charge < -0.3 is 0 Å². The number of aromatic carboxylic acids is 1. The Morgan fingerprint density at radius 2 is 0.757 bits per heavy atom.